The summed E-state index contributed by atoms with van der Waals surface area (Å²) in [6.45, 7) is 4.42. The van der Waals surface area contributed by atoms with Crippen LogP contribution >= 0.6 is 15.9 Å². The second-order valence-electron chi connectivity index (χ2n) is 3.46. The molecule has 16 heavy (non-hydrogen) atoms. The number of hydrogen-bond donors (Lipinski definition) is 0. The first kappa shape index (κ1) is 13.3. The van der Waals surface area contributed by atoms with Gasteiger partial charge in [0.2, 0.25) is 0 Å². The smallest absolute Gasteiger partial charge is 0.167 e. The normalized spacial score (nSPS) is 12.4. The van der Waals surface area contributed by atoms with Crippen molar-refractivity contribution >= 4 is 21.7 Å². The molecule has 0 amide bonds. The van der Waals surface area contributed by atoms with E-state index in [-0.39, 0.29) is 11.9 Å². The highest BCUT2D eigenvalue weighted by atomic mass is 79.9. The molecule has 3 nitrogen and oxygen atoms in total. The predicted octanol–water partition coefficient (Wildman–Crippen LogP) is 2.77. The van der Waals surface area contributed by atoms with Crippen LogP contribution in [0.3, 0.4) is 0 Å². The number of pyridine rings is 1. The van der Waals surface area contributed by atoms with Crippen molar-refractivity contribution in [2.75, 3.05) is 6.61 Å². The van der Waals surface area contributed by atoms with Crippen LogP contribution in [-0.4, -0.2) is 23.5 Å². The third-order valence-electron chi connectivity index (χ3n) is 2.24. The molecule has 0 spiro atoms. The van der Waals surface area contributed by atoms with Gasteiger partial charge in [0.1, 0.15) is 6.10 Å². The SMILES string of the molecule is CCOC(CC)C(=O)Cc1ccc(Br)cn1. The molecular formula is C12H16BrNO2. The van der Waals surface area contributed by atoms with Crippen molar-refractivity contribution < 1.29 is 9.53 Å². The van der Waals surface area contributed by atoms with E-state index < -0.39 is 0 Å². The lowest BCUT2D eigenvalue weighted by atomic mass is 10.1. The maximum atomic E-state index is 11.8. The van der Waals surface area contributed by atoms with Gasteiger partial charge in [-0.2, -0.15) is 0 Å². The van der Waals surface area contributed by atoms with Crippen molar-refractivity contribution in [1.29, 1.82) is 0 Å². The van der Waals surface area contributed by atoms with Gasteiger partial charge in [-0.3, -0.25) is 9.78 Å². The molecule has 0 aliphatic carbocycles. The molecule has 0 bridgehead atoms. The zero-order valence-corrected chi connectivity index (χ0v) is 11.2. The number of carbonyl (C=O) groups excluding carboxylic acids is 1. The molecule has 0 aliphatic rings. The van der Waals surface area contributed by atoms with Crippen LogP contribution in [0.15, 0.2) is 22.8 Å². The van der Waals surface area contributed by atoms with E-state index in [1.807, 2.05) is 26.0 Å². The van der Waals surface area contributed by atoms with Gasteiger partial charge in [-0.15, -0.1) is 0 Å². The first-order chi connectivity index (χ1) is 7.67. The number of aromatic nitrogens is 1. The Morgan fingerprint density at radius 3 is 2.75 bits per heavy atom. The van der Waals surface area contributed by atoms with Gasteiger partial charge < -0.3 is 4.74 Å². The van der Waals surface area contributed by atoms with Crippen LogP contribution in [-0.2, 0) is 16.0 Å². The van der Waals surface area contributed by atoms with Crippen molar-refractivity contribution in [1.82, 2.24) is 4.98 Å². The summed E-state index contributed by atoms with van der Waals surface area (Å²) in [6.07, 6.45) is 2.45. The van der Waals surface area contributed by atoms with E-state index in [0.29, 0.717) is 19.4 Å². The summed E-state index contributed by atoms with van der Waals surface area (Å²) >= 11 is 3.31. The Morgan fingerprint density at radius 1 is 1.50 bits per heavy atom. The molecule has 0 radical (unpaired) electrons. The first-order valence-corrected chi connectivity index (χ1v) is 6.21. The predicted molar refractivity (Wildman–Crippen MR) is 66.4 cm³/mol. The fraction of sp³-hybridized carbons (Fsp3) is 0.500. The van der Waals surface area contributed by atoms with Crippen LogP contribution in [0.2, 0.25) is 0 Å². The third kappa shape index (κ3) is 4.02. The van der Waals surface area contributed by atoms with Crippen LogP contribution in [0.5, 0.6) is 0 Å². The number of Topliss-reactive ketones (excluding diaryl/α,β-unsaturated/α-hetero) is 1. The molecule has 0 aromatic carbocycles. The maximum absolute atomic E-state index is 11.8. The van der Waals surface area contributed by atoms with E-state index in [9.17, 15) is 4.79 Å². The molecule has 1 heterocycles. The number of carbonyl (C=O) groups is 1. The molecule has 4 heteroatoms. The molecule has 88 valence electrons. The highest BCUT2D eigenvalue weighted by Gasteiger charge is 2.16. The monoisotopic (exact) mass is 285 g/mol. The van der Waals surface area contributed by atoms with E-state index >= 15 is 0 Å². The zero-order chi connectivity index (χ0) is 12.0. The molecular weight excluding hydrogens is 270 g/mol. The molecule has 1 rings (SSSR count). The van der Waals surface area contributed by atoms with Crippen molar-refractivity contribution in [2.45, 2.75) is 32.8 Å². The molecule has 0 saturated carbocycles. The number of rotatable bonds is 6. The van der Waals surface area contributed by atoms with Gasteiger partial charge in [0.05, 0.1) is 6.42 Å². The van der Waals surface area contributed by atoms with E-state index in [0.717, 1.165) is 10.2 Å². The molecule has 0 aliphatic heterocycles. The minimum Gasteiger partial charge on any atom is -0.371 e. The Balaban J connectivity index is 2.59. The lowest BCUT2D eigenvalue weighted by Crippen LogP contribution is -2.25. The van der Waals surface area contributed by atoms with Crippen LogP contribution in [0.4, 0.5) is 0 Å². The number of ketones is 1. The zero-order valence-electron chi connectivity index (χ0n) is 9.57. The number of nitrogens with zero attached hydrogens (tertiary/aromatic N) is 1. The number of hydrogen-bond acceptors (Lipinski definition) is 3. The van der Waals surface area contributed by atoms with E-state index in [4.69, 9.17) is 4.74 Å². The molecule has 1 unspecified atom stereocenters. The second kappa shape index (κ2) is 6.76. The molecule has 0 fully saturated rings. The highest BCUT2D eigenvalue weighted by Crippen LogP contribution is 2.10. The number of ether oxygens (including phenoxy) is 1. The lowest BCUT2D eigenvalue weighted by Gasteiger charge is -2.13. The summed E-state index contributed by atoms with van der Waals surface area (Å²) in [6, 6.07) is 3.73. The topological polar surface area (TPSA) is 39.2 Å². The average molecular weight is 286 g/mol. The Hall–Kier alpha value is -0.740. The summed E-state index contributed by atoms with van der Waals surface area (Å²) in [7, 11) is 0. The molecule has 1 aromatic heterocycles. The Morgan fingerprint density at radius 2 is 2.25 bits per heavy atom. The average Bonchev–Trinajstić information content (AvgIpc) is 2.29. The quantitative estimate of drug-likeness (QED) is 0.807. The largest absolute Gasteiger partial charge is 0.371 e. The van der Waals surface area contributed by atoms with Gasteiger partial charge in [-0.1, -0.05) is 6.92 Å². The first-order valence-electron chi connectivity index (χ1n) is 5.42. The Bertz CT molecular complexity index is 337. The summed E-state index contributed by atoms with van der Waals surface area (Å²) in [4.78, 5) is 16.0. The van der Waals surface area contributed by atoms with Gasteiger partial charge >= 0.3 is 0 Å². The molecule has 1 aromatic rings. The van der Waals surface area contributed by atoms with E-state index in [1.165, 1.54) is 0 Å². The Labute approximate surface area is 104 Å². The summed E-state index contributed by atoms with van der Waals surface area (Å²) in [5.74, 6) is 0.0965. The van der Waals surface area contributed by atoms with Gasteiger partial charge in [0.25, 0.3) is 0 Å². The van der Waals surface area contributed by atoms with Gasteiger partial charge in [0, 0.05) is 23.0 Å². The minimum absolute atomic E-state index is 0.0965. The number of halogens is 1. The fourth-order valence-electron chi connectivity index (χ4n) is 1.44. The van der Waals surface area contributed by atoms with Crippen LogP contribution in [0.25, 0.3) is 0 Å². The summed E-state index contributed by atoms with van der Waals surface area (Å²) in [5, 5.41) is 0. The minimum atomic E-state index is -0.296. The lowest BCUT2D eigenvalue weighted by molar-refractivity contribution is -0.129. The molecule has 0 N–H and O–H groups in total. The van der Waals surface area contributed by atoms with Crippen LogP contribution in [0, 0.1) is 0 Å². The Kier molecular flexibility index (Phi) is 5.63. The third-order valence-corrected chi connectivity index (χ3v) is 2.71. The second-order valence-corrected chi connectivity index (χ2v) is 4.38. The molecule has 1 atom stereocenters. The van der Waals surface area contributed by atoms with E-state index in [2.05, 4.69) is 20.9 Å². The van der Waals surface area contributed by atoms with Crippen molar-refractivity contribution in [2.24, 2.45) is 0 Å². The highest BCUT2D eigenvalue weighted by molar-refractivity contribution is 9.10. The van der Waals surface area contributed by atoms with Crippen molar-refractivity contribution in [3.05, 3.63) is 28.5 Å². The van der Waals surface area contributed by atoms with Gasteiger partial charge in [0.15, 0.2) is 5.78 Å². The van der Waals surface area contributed by atoms with Crippen LogP contribution in [0.1, 0.15) is 26.0 Å². The van der Waals surface area contributed by atoms with Gasteiger partial charge in [-0.05, 0) is 41.4 Å². The summed E-state index contributed by atoms with van der Waals surface area (Å²) in [5.41, 5.74) is 0.784. The summed E-state index contributed by atoms with van der Waals surface area (Å²) < 4.78 is 6.28. The van der Waals surface area contributed by atoms with Crippen molar-refractivity contribution in [3.8, 4) is 0 Å². The van der Waals surface area contributed by atoms with Crippen molar-refractivity contribution in [3.63, 3.8) is 0 Å². The van der Waals surface area contributed by atoms with Gasteiger partial charge in [-0.25, -0.2) is 0 Å². The standard InChI is InChI=1S/C12H16BrNO2/c1-3-12(16-4-2)11(15)7-10-6-5-9(13)8-14-10/h5-6,8,12H,3-4,7H2,1-2H3. The van der Waals surface area contributed by atoms with Crippen LogP contribution < -0.4 is 0 Å². The fourth-order valence-corrected chi connectivity index (χ4v) is 1.68. The van der Waals surface area contributed by atoms with E-state index in [1.54, 1.807) is 6.20 Å². The molecule has 0 saturated heterocycles. The maximum Gasteiger partial charge on any atom is 0.167 e.